The van der Waals surface area contributed by atoms with Gasteiger partial charge in [0.1, 0.15) is 16.9 Å². The predicted molar refractivity (Wildman–Crippen MR) is 126 cm³/mol. The SMILES string of the molecule is CC.CCCCNC(=O)C1C=NC2=C(N=C(N3CCCCC3)c3ccccc3S2)N1. The normalized spacial score (nSPS) is 20.0. The van der Waals surface area contributed by atoms with Gasteiger partial charge in [-0.15, -0.1) is 0 Å². The van der Waals surface area contributed by atoms with Gasteiger partial charge in [0.25, 0.3) is 0 Å². The maximum atomic E-state index is 12.5. The van der Waals surface area contributed by atoms with E-state index < -0.39 is 6.04 Å². The zero-order chi connectivity index (χ0) is 21.3. The summed E-state index contributed by atoms with van der Waals surface area (Å²) in [4.78, 5) is 25.6. The van der Waals surface area contributed by atoms with E-state index in [1.54, 1.807) is 18.0 Å². The molecule has 1 unspecified atom stereocenters. The zero-order valence-electron chi connectivity index (χ0n) is 18.3. The lowest BCUT2D eigenvalue weighted by molar-refractivity contribution is -0.121. The number of likely N-dealkylation sites (tertiary alicyclic amines) is 1. The fourth-order valence-corrected chi connectivity index (χ4v) is 4.53. The molecule has 3 aliphatic rings. The molecule has 0 spiro atoms. The summed E-state index contributed by atoms with van der Waals surface area (Å²) in [6.07, 6.45) is 7.38. The van der Waals surface area contributed by atoms with E-state index in [0.717, 1.165) is 47.3 Å². The second-order valence-corrected chi connectivity index (χ2v) is 8.31. The van der Waals surface area contributed by atoms with Crippen LogP contribution in [0.25, 0.3) is 0 Å². The highest BCUT2D eigenvalue weighted by molar-refractivity contribution is 8.03. The van der Waals surface area contributed by atoms with Gasteiger partial charge >= 0.3 is 0 Å². The first kappa shape index (κ1) is 22.4. The van der Waals surface area contributed by atoms with Crippen molar-refractivity contribution in [3.05, 3.63) is 40.7 Å². The average molecular weight is 428 g/mol. The standard InChI is InChI=1S/C21H27N5OS.C2H6/c1-2-3-11-22-20(27)16-14-23-21-18(24-16)25-19(26-12-7-4-8-13-26)15-9-5-6-10-17(15)28-21;1-2/h5-6,9-10,14,16,24H,2-4,7-8,11-13H2,1H3,(H,22,27);1-2H3. The molecule has 1 saturated heterocycles. The summed E-state index contributed by atoms with van der Waals surface area (Å²) in [5.41, 5.74) is 1.14. The second kappa shape index (κ2) is 11.2. The van der Waals surface area contributed by atoms with Crippen molar-refractivity contribution in [2.75, 3.05) is 19.6 Å². The van der Waals surface area contributed by atoms with Crippen molar-refractivity contribution >= 4 is 29.7 Å². The van der Waals surface area contributed by atoms with Crippen LogP contribution in [0.3, 0.4) is 0 Å². The third kappa shape index (κ3) is 5.25. The van der Waals surface area contributed by atoms with Crippen LogP contribution in [-0.2, 0) is 4.79 Å². The van der Waals surface area contributed by atoms with Crippen LogP contribution in [0.5, 0.6) is 0 Å². The van der Waals surface area contributed by atoms with Crippen molar-refractivity contribution in [1.82, 2.24) is 15.5 Å². The highest BCUT2D eigenvalue weighted by atomic mass is 32.2. The maximum absolute atomic E-state index is 12.5. The third-order valence-corrected chi connectivity index (χ3v) is 6.22. The summed E-state index contributed by atoms with van der Waals surface area (Å²) in [6.45, 7) is 8.84. The molecular formula is C23H33N5OS. The lowest BCUT2D eigenvalue weighted by Gasteiger charge is -2.30. The Hall–Kier alpha value is -2.28. The van der Waals surface area contributed by atoms with Crippen molar-refractivity contribution < 1.29 is 4.79 Å². The fourth-order valence-electron chi connectivity index (χ4n) is 3.59. The van der Waals surface area contributed by atoms with Crippen molar-refractivity contribution in [2.24, 2.45) is 9.98 Å². The molecule has 1 amide bonds. The van der Waals surface area contributed by atoms with E-state index in [1.807, 2.05) is 13.8 Å². The van der Waals surface area contributed by atoms with Gasteiger partial charge in [-0.25, -0.2) is 9.98 Å². The molecule has 0 radical (unpaired) electrons. The molecule has 1 atom stereocenters. The molecule has 4 rings (SSSR count). The van der Waals surface area contributed by atoms with E-state index in [0.29, 0.717) is 12.4 Å². The number of fused-ring (bicyclic) bond motifs is 1. The monoisotopic (exact) mass is 427 g/mol. The van der Waals surface area contributed by atoms with Gasteiger partial charge in [0.05, 0.1) is 0 Å². The predicted octanol–water partition coefficient (Wildman–Crippen LogP) is 4.14. The number of amides is 1. The molecule has 3 aliphatic heterocycles. The van der Waals surface area contributed by atoms with Gasteiger partial charge in [0.2, 0.25) is 5.91 Å². The summed E-state index contributed by atoms with van der Waals surface area (Å²) in [5, 5.41) is 7.10. The molecule has 2 N–H and O–H groups in total. The summed E-state index contributed by atoms with van der Waals surface area (Å²) in [5.74, 6) is 1.63. The molecule has 3 heterocycles. The lowest BCUT2D eigenvalue weighted by Crippen LogP contribution is -2.46. The molecule has 1 fully saturated rings. The smallest absolute Gasteiger partial charge is 0.248 e. The minimum Gasteiger partial charge on any atom is -0.356 e. The van der Waals surface area contributed by atoms with E-state index in [-0.39, 0.29) is 5.91 Å². The molecule has 1 aromatic rings. The molecule has 0 aromatic heterocycles. The topological polar surface area (TPSA) is 69.1 Å². The zero-order valence-corrected chi connectivity index (χ0v) is 19.1. The highest BCUT2D eigenvalue weighted by Crippen LogP contribution is 2.37. The van der Waals surface area contributed by atoms with Gasteiger partial charge in [0.15, 0.2) is 5.82 Å². The minimum absolute atomic E-state index is 0.0507. The van der Waals surface area contributed by atoms with Gasteiger partial charge in [-0.2, -0.15) is 0 Å². The molecule has 162 valence electrons. The third-order valence-electron chi connectivity index (χ3n) is 5.16. The molecular weight excluding hydrogens is 394 g/mol. The summed E-state index contributed by atoms with van der Waals surface area (Å²) in [7, 11) is 0. The van der Waals surface area contributed by atoms with Crippen molar-refractivity contribution in [3.63, 3.8) is 0 Å². The number of nitrogens with zero attached hydrogens (tertiary/aromatic N) is 3. The van der Waals surface area contributed by atoms with Crippen LogP contribution >= 0.6 is 11.8 Å². The van der Waals surface area contributed by atoms with Crippen LogP contribution in [0.1, 0.15) is 58.4 Å². The van der Waals surface area contributed by atoms with Gasteiger partial charge in [-0.05, 0) is 31.7 Å². The quantitative estimate of drug-likeness (QED) is 0.709. The number of benzene rings is 1. The Morgan fingerprint density at radius 1 is 1.23 bits per heavy atom. The Morgan fingerprint density at radius 2 is 2.00 bits per heavy atom. The molecule has 1 aromatic carbocycles. The number of unbranched alkanes of at least 4 members (excludes halogenated alkanes) is 1. The van der Waals surface area contributed by atoms with Crippen LogP contribution in [0.15, 0.2) is 50.0 Å². The van der Waals surface area contributed by atoms with Crippen molar-refractivity contribution in [3.8, 4) is 0 Å². The Balaban J connectivity index is 0.00000124. The number of hydrogen-bond donors (Lipinski definition) is 2. The average Bonchev–Trinajstić information content (AvgIpc) is 2.97. The number of rotatable bonds is 4. The number of nitrogens with one attached hydrogen (secondary N) is 2. The second-order valence-electron chi connectivity index (χ2n) is 7.28. The first-order valence-corrected chi connectivity index (χ1v) is 12.0. The van der Waals surface area contributed by atoms with Crippen LogP contribution in [0.4, 0.5) is 0 Å². The largest absolute Gasteiger partial charge is 0.356 e. The number of amidine groups is 1. The number of aliphatic imine (C=N–C) groups is 2. The highest BCUT2D eigenvalue weighted by Gasteiger charge is 2.28. The Labute approximate surface area is 184 Å². The van der Waals surface area contributed by atoms with Gasteiger partial charge < -0.3 is 15.5 Å². The molecule has 0 aliphatic carbocycles. The van der Waals surface area contributed by atoms with Gasteiger partial charge in [0, 0.05) is 36.3 Å². The number of piperidine rings is 1. The Kier molecular flexibility index (Phi) is 8.37. The van der Waals surface area contributed by atoms with Crippen LogP contribution in [-0.4, -0.2) is 48.5 Å². The molecule has 30 heavy (non-hydrogen) atoms. The summed E-state index contributed by atoms with van der Waals surface area (Å²) < 4.78 is 0. The number of carbonyl (C=O) groups is 1. The number of thioether (sulfide) groups is 1. The molecule has 7 heteroatoms. The number of hydrogen-bond acceptors (Lipinski definition) is 6. The van der Waals surface area contributed by atoms with E-state index in [2.05, 4.69) is 51.7 Å². The van der Waals surface area contributed by atoms with Crippen molar-refractivity contribution in [2.45, 2.75) is 63.8 Å². The van der Waals surface area contributed by atoms with Gasteiger partial charge in [-0.1, -0.05) is 57.2 Å². The van der Waals surface area contributed by atoms with E-state index in [4.69, 9.17) is 4.99 Å². The van der Waals surface area contributed by atoms with Crippen molar-refractivity contribution in [1.29, 1.82) is 0 Å². The summed E-state index contributed by atoms with van der Waals surface area (Å²) >= 11 is 1.61. The first-order chi connectivity index (χ1) is 14.8. The molecule has 0 bridgehead atoms. The van der Waals surface area contributed by atoms with E-state index >= 15 is 0 Å². The number of carbonyl (C=O) groups excluding carboxylic acids is 1. The maximum Gasteiger partial charge on any atom is 0.248 e. The first-order valence-electron chi connectivity index (χ1n) is 11.2. The van der Waals surface area contributed by atoms with Crippen LogP contribution in [0, 0.1) is 0 Å². The Morgan fingerprint density at radius 3 is 2.77 bits per heavy atom. The molecule has 6 nitrogen and oxygen atoms in total. The van der Waals surface area contributed by atoms with Gasteiger partial charge in [-0.3, -0.25) is 4.79 Å². The summed E-state index contributed by atoms with van der Waals surface area (Å²) in [6, 6.07) is 7.88. The minimum atomic E-state index is -0.483. The fraction of sp³-hybridized carbons (Fsp3) is 0.522. The van der Waals surface area contributed by atoms with Crippen LogP contribution < -0.4 is 10.6 Å². The Bertz CT molecular complexity index is 827. The van der Waals surface area contributed by atoms with Crippen LogP contribution in [0.2, 0.25) is 0 Å². The van der Waals surface area contributed by atoms with E-state index in [9.17, 15) is 4.79 Å². The molecule has 0 saturated carbocycles. The lowest BCUT2D eigenvalue weighted by atomic mass is 10.1. The van der Waals surface area contributed by atoms with E-state index in [1.165, 1.54) is 19.3 Å².